The van der Waals surface area contributed by atoms with Crippen LogP contribution in [-0.4, -0.2) is 42.4 Å². The predicted octanol–water partition coefficient (Wildman–Crippen LogP) is 1.47. The van der Waals surface area contributed by atoms with Gasteiger partial charge in [-0.15, -0.1) is 0 Å². The van der Waals surface area contributed by atoms with Crippen molar-refractivity contribution in [1.29, 1.82) is 0 Å². The second kappa shape index (κ2) is 6.85. The van der Waals surface area contributed by atoms with E-state index in [0.717, 1.165) is 25.9 Å². The van der Waals surface area contributed by atoms with Crippen LogP contribution in [0.4, 0.5) is 0 Å². The van der Waals surface area contributed by atoms with Crippen molar-refractivity contribution in [2.45, 2.75) is 32.2 Å². The summed E-state index contributed by atoms with van der Waals surface area (Å²) in [6, 6.07) is 2.77. The van der Waals surface area contributed by atoms with Gasteiger partial charge in [0.1, 0.15) is 11.8 Å². The van der Waals surface area contributed by atoms with E-state index in [9.17, 15) is 9.59 Å². The van der Waals surface area contributed by atoms with Gasteiger partial charge in [0.25, 0.3) is 0 Å². The zero-order chi connectivity index (χ0) is 16.2. The molecule has 7 nitrogen and oxygen atoms in total. The average Bonchev–Trinajstić information content (AvgIpc) is 3.09. The molecule has 0 aliphatic carbocycles. The molecule has 124 valence electrons. The molecule has 7 heteroatoms. The summed E-state index contributed by atoms with van der Waals surface area (Å²) in [4.78, 5) is 31.4. The third-order valence-corrected chi connectivity index (χ3v) is 4.13. The SMILES string of the molecule is CCOC(=O)[C@@H]1C(=O)NC(N2CCCCC2)=N[C@H]1c1ccco1. The molecule has 3 heterocycles. The minimum atomic E-state index is -1.02. The molecule has 0 aromatic carbocycles. The van der Waals surface area contributed by atoms with Gasteiger partial charge >= 0.3 is 5.97 Å². The van der Waals surface area contributed by atoms with Crippen LogP contribution in [0.2, 0.25) is 0 Å². The monoisotopic (exact) mass is 319 g/mol. The lowest BCUT2D eigenvalue weighted by atomic mass is 9.95. The highest BCUT2D eigenvalue weighted by molar-refractivity contribution is 6.08. The van der Waals surface area contributed by atoms with Crippen LogP contribution < -0.4 is 5.32 Å². The molecule has 1 N–H and O–H groups in total. The Hall–Kier alpha value is -2.31. The number of hydrogen-bond donors (Lipinski definition) is 1. The Labute approximate surface area is 134 Å². The summed E-state index contributed by atoms with van der Waals surface area (Å²) < 4.78 is 10.4. The number of furan rings is 1. The van der Waals surface area contributed by atoms with Crippen LogP contribution >= 0.6 is 0 Å². The highest BCUT2D eigenvalue weighted by atomic mass is 16.5. The minimum absolute atomic E-state index is 0.218. The maximum atomic E-state index is 12.5. The fraction of sp³-hybridized carbons (Fsp3) is 0.562. The van der Waals surface area contributed by atoms with Crippen molar-refractivity contribution in [1.82, 2.24) is 10.2 Å². The Kier molecular flexibility index (Phi) is 4.64. The Morgan fingerprint density at radius 2 is 2.22 bits per heavy atom. The summed E-state index contributed by atoms with van der Waals surface area (Å²) in [5.74, 6) is -0.966. The number of amides is 1. The van der Waals surface area contributed by atoms with E-state index in [0.29, 0.717) is 11.7 Å². The van der Waals surface area contributed by atoms with Gasteiger partial charge in [-0.3, -0.25) is 14.9 Å². The Morgan fingerprint density at radius 1 is 1.43 bits per heavy atom. The van der Waals surface area contributed by atoms with E-state index in [4.69, 9.17) is 9.15 Å². The summed E-state index contributed by atoms with van der Waals surface area (Å²) >= 11 is 0. The maximum absolute atomic E-state index is 12.5. The summed E-state index contributed by atoms with van der Waals surface area (Å²) in [6.45, 7) is 3.64. The van der Waals surface area contributed by atoms with Crippen LogP contribution in [0.3, 0.4) is 0 Å². The molecule has 3 rings (SSSR count). The van der Waals surface area contributed by atoms with Crippen LogP contribution in [0.25, 0.3) is 0 Å². The van der Waals surface area contributed by atoms with Gasteiger partial charge in [0.2, 0.25) is 11.9 Å². The van der Waals surface area contributed by atoms with E-state index in [1.807, 2.05) is 0 Å². The van der Waals surface area contributed by atoms with Gasteiger partial charge in [0.05, 0.1) is 12.9 Å². The fourth-order valence-corrected chi connectivity index (χ4v) is 2.99. The van der Waals surface area contributed by atoms with Gasteiger partial charge in [-0.05, 0) is 38.3 Å². The van der Waals surface area contributed by atoms with Crippen LogP contribution in [0, 0.1) is 5.92 Å². The van der Waals surface area contributed by atoms with Crippen molar-refractivity contribution >= 4 is 17.8 Å². The van der Waals surface area contributed by atoms with Gasteiger partial charge < -0.3 is 14.1 Å². The highest BCUT2D eigenvalue weighted by Crippen LogP contribution is 2.31. The number of rotatable bonds is 3. The first-order valence-electron chi connectivity index (χ1n) is 8.04. The number of guanidine groups is 1. The zero-order valence-electron chi connectivity index (χ0n) is 13.2. The maximum Gasteiger partial charge on any atom is 0.321 e. The van der Waals surface area contributed by atoms with E-state index < -0.39 is 17.9 Å². The smallest absolute Gasteiger partial charge is 0.321 e. The molecule has 1 aromatic heterocycles. The molecule has 1 aromatic rings. The first-order valence-corrected chi connectivity index (χ1v) is 8.04. The standard InChI is InChI=1S/C16H21N3O4/c1-2-22-15(21)12-13(11-7-6-10-23-11)17-16(18-14(12)20)19-8-4-3-5-9-19/h6-7,10,12-13H,2-5,8-9H2,1H3,(H,17,18,20)/t12-,13-/m0/s1. The van der Waals surface area contributed by atoms with E-state index in [1.54, 1.807) is 19.1 Å². The van der Waals surface area contributed by atoms with Gasteiger partial charge in [0.15, 0.2) is 5.92 Å². The summed E-state index contributed by atoms with van der Waals surface area (Å²) in [7, 11) is 0. The Bertz CT molecular complexity index is 590. The quantitative estimate of drug-likeness (QED) is 0.674. The first kappa shape index (κ1) is 15.6. The van der Waals surface area contributed by atoms with Crippen molar-refractivity contribution < 1.29 is 18.7 Å². The fourth-order valence-electron chi connectivity index (χ4n) is 2.99. The molecule has 2 aliphatic heterocycles. The molecule has 1 saturated heterocycles. The molecule has 0 saturated carbocycles. The number of ether oxygens (including phenoxy) is 1. The molecule has 23 heavy (non-hydrogen) atoms. The van der Waals surface area contributed by atoms with Crippen LogP contribution in [0.5, 0.6) is 0 Å². The molecule has 2 aliphatic rings. The van der Waals surface area contributed by atoms with E-state index >= 15 is 0 Å². The second-order valence-corrected chi connectivity index (χ2v) is 5.68. The second-order valence-electron chi connectivity index (χ2n) is 5.68. The molecule has 1 fully saturated rings. The number of carbonyl (C=O) groups excluding carboxylic acids is 2. The van der Waals surface area contributed by atoms with Crippen molar-refractivity contribution in [2.75, 3.05) is 19.7 Å². The Balaban J connectivity index is 1.91. The van der Waals surface area contributed by atoms with E-state index in [-0.39, 0.29) is 12.5 Å². The van der Waals surface area contributed by atoms with Crippen LogP contribution in [-0.2, 0) is 14.3 Å². The van der Waals surface area contributed by atoms with Gasteiger partial charge in [0, 0.05) is 13.1 Å². The number of carbonyl (C=O) groups is 2. The Morgan fingerprint density at radius 3 is 2.87 bits per heavy atom. The molecule has 0 unspecified atom stereocenters. The van der Waals surface area contributed by atoms with Gasteiger partial charge in [-0.1, -0.05) is 0 Å². The van der Waals surface area contributed by atoms with Crippen molar-refractivity contribution in [2.24, 2.45) is 10.9 Å². The molecule has 0 bridgehead atoms. The predicted molar refractivity (Wildman–Crippen MR) is 82.6 cm³/mol. The van der Waals surface area contributed by atoms with Crippen LogP contribution in [0.15, 0.2) is 27.8 Å². The first-order chi connectivity index (χ1) is 11.2. The normalized spacial score (nSPS) is 24.8. The highest BCUT2D eigenvalue weighted by Gasteiger charge is 2.43. The molecule has 0 spiro atoms. The number of esters is 1. The molecule has 0 radical (unpaired) electrons. The summed E-state index contributed by atoms with van der Waals surface area (Å²) in [5.41, 5.74) is 0. The number of nitrogens with zero attached hydrogens (tertiary/aromatic N) is 2. The average molecular weight is 319 g/mol. The number of piperidine rings is 1. The molecular weight excluding hydrogens is 298 g/mol. The number of nitrogens with one attached hydrogen (secondary N) is 1. The van der Waals surface area contributed by atoms with E-state index in [1.165, 1.54) is 12.7 Å². The largest absolute Gasteiger partial charge is 0.467 e. The molecule has 1 amide bonds. The summed E-state index contributed by atoms with van der Waals surface area (Å²) in [5, 5.41) is 2.76. The number of aliphatic imine (C=N–C) groups is 1. The third kappa shape index (κ3) is 3.23. The molecular formula is C16H21N3O4. The summed E-state index contributed by atoms with van der Waals surface area (Å²) in [6.07, 6.45) is 4.84. The van der Waals surface area contributed by atoms with Crippen molar-refractivity contribution in [3.05, 3.63) is 24.2 Å². The molecule has 2 atom stereocenters. The minimum Gasteiger partial charge on any atom is -0.467 e. The zero-order valence-corrected chi connectivity index (χ0v) is 13.2. The van der Waals surface area contributed by atoms with Gasteiger partial charge in [-0.2, -0.15) is 0 Å². The van der Waals surface area contributed by atoms with Crippen molar-refractivity contribution in [3.63, 3.8) is 0 Å². The topological polar surface area (TPSA) is 84.1 Å². The lowest BCUT2D eigenvalue weighted by molar-refractivity contribution is -0.153. The van der Waals surface area contributed by atoms with Crippen molar-refractivity contribution in [3.8, 4) is 0 Å². The van der Waals surface area contributed by atoms with Gasteiger partial charge in [-0.25, -0.2) is 4.99 Å². The van der Waals surface area contributed by atoms with Crippen LogP contribution in [0.1, 0.15) is 38.0 Å². The van der Waals surface area contributed by atoms with E-state index in [2.05, 4.69) is 15.2 Å². The lowest BCUT2D eigenvalue weighted by Gasteiger charge is -2.34. The lowest BCUT2D eigenvalue weighted by Crippen LogP contribution is -2.53. The number of likely N-dealkylation sites (tertiary alicyclic amines) is 1. The third-order valence-electron chi connectivity index (χ3n) is 4.13. The number of hydrogen-bond acceptors (Lipinski definition) is 6.